The minimum Gasteiger partial charge on any atom is -0.352 e. The Morgan fingerprint density at radius 1 is 1.18 bits per heavy atom. The van der Waals surface area contributed by atoms with Crippen molar-refractivity contribution in [1.29, 1.82) is 0 Å². The molecule has 114 valence electrons. The third-order valence-electron chi connectivity index (χ3n) is 3.44. The molecule has 1 amide bonds. The van der Waals surface area contributed by atoms with Gasteiger partial charge in [-0.2, -0.15) is 0 Å². The number of nitrogens with one attached hydrogen (secondary N) is 1. The first kappa shape index (κ1) is 16.0. The fraction of sp³-hybridized carbons (Fsp3) is 0.263. The summed E-state index contributed by atoms with van der Waals surface area (Å²) in [6.07, 6.45) is 5.91. The highest BCUT2D eigenvalue weighted by molar-refractivity contribution is 5.91. The van der Waals surface area contributed by atoms with E-state index >= 15 is 0 Å². The molecule has 0 radical (unpaired) electrons. The lowest BCUT2D eigenvalue weighted by Gasteiger charge is -2.04. The molecule has 3 nitrogen and oxygen atoms in total. The van der Waals surface area contributed by atoms with Gasteiger partial charge in [0.1, 0.15) is 0 Å². The first-order chi connectivity index (χ1) is 10.6. The summed E-state index contributed by atoms with van der Waals surface area (Å²) >= 11 is 0. The molecule has 22 heavy (non-hydrogen) atoms. The minimum atomic E-state index is -0.0798. The van der Waals surface area contributed by atoms with Crippen LogP contribution in [0, 0.1) is 0 Å². The zero-order chi connectivity index (χ0) is 15.8. The van der Waals surface area contributed by atoms with Crippen LogP contribution < -0.4 is 5.32 Å². The number of aromatic nitrogens is 1. The van der Waals surface area contributed by atoms with Gasteiger partial charge in [0.15, 0.2) is 0 Å². The lowest BCUT2D eigenvalue weighted by atomic mass is 10.0. The van der Waals surface area contributed by atoms with E-state index in [4.69, 9.17) is 0 Å². The molecular weight excluding hydrogens is 272 g/mol. The summed E-state index contributed by atoms with van der Waals surface area (Å²) in [5.74, 6) is 0.441. The molecule has 2 rings (SSSR count). The van der Waals surface area contributed by atoms with Crippen molar-refractivity contribution in [3.8, 4) is 0 Å². The second-order valence-electron chi connectivity index (χ2n) is 5.52. The molecule has 1 aromatic heterocycles. The highest BCUT2D eigenvalue weighted by Gasteiger charge is 1.99. The fourth-order valence-corrected chi connectivity index (χ4v) is 2.08. The summed E-state index contributed by atoms with van der Waals surface area (Å²) in [7, 11) is 0. The van der Waals surface area contributed by atoms with Gasteiger partial charge in [-0.1, -0.05) is 44.2 Å². The Kier molecular flexibility index (Phi) is 5.90. The lowest BCUT2D eigenvalue weighted by Crippen LogP contribution is -2.23. The van der Waals surface area contributed by atoms with Crippen LogP contribution in [0.4, 0.5) is 0 Å². The van der Waals surface area contributed by atoms with Crippen molar-refractivity contribution in [2.45, 2.75) is 26.2 Å². The number of carbonyl (C=O) groups excluding carboxylic acids is 1. The second kappa shape index (κ2) is 8.13. The molecule has 0 aliphatic heterocycles. The van der Waals surface area contributed by atoms with E-state index in [-0.39, 0.29) is 5.91 Å². The molecular formula is C19H22N2O. The molecule has 0 saturated carbocycles. The molecule has 0 spiro atoms. The van der Waals surface area contributed by atoms with E-state index in [2.05, 4.69) is 36.3 Å². The molecule has 0 aliphatic carbocycles. The van der Waals surface area contributed by atoms with Crippen molar-refractivity contribution in [2.24, 2.45) is 0 Å². The number of nitrogens with zero attached hydrogens (tertiary/aromatic N) is 1. The molecule has 0 fully saturated rings. The number of amides is 1. The van der Waals surface area contributed by atoms with E-state index in [1.165, 1.54) is 5.56 Å². The maximum atomic E-state index is 11.8. The maximum absolute atomic E-state index is 11.8. The van der Waals surface area contributed by atoms with Crippen molar-refractivity contribution < 1.29 is 4.79 Å². The van der Waals surface area contributed by atoms with Crippen LogP contribution in [-0.4, -0.2) is 17.4 Å². The summed E-state index contributed by atoms with van der Waals surface area (Å²) in [6.45, 7) is 4.92. The van der Waals surface area contributed by atoms with E-state index in [9.17, 15) is 4.79 Å². The number of benzene rings is 1. The standard InChI is InChI=1S/C19H22N2O/c1-15(2)17-9-6-16(7-10-17)8-11-19(22)21-14-12-18-5-3-4-13-20-18/h3-11,13,15H,12,14H2,1-2H3,(H,21,22)/b11-8+. The van der Waals surface area contributed by atoms with Gasteiger partial charge in [-0.05, 0) is 35.3 Å². The topological polar surface area (TPSA) is 42.0 Å². The van der Waals surface area contributed by atoms with Crippen molar-refractivity contribution >= 4 is 12.0 Å². The molecule has 1 aromatic carbocycles. The Balaban J connectivity index is 1.78. The third-order valence-corrected chi connectivity index (χ3v) is 3.44. The van der Waals surface area contributed by atoms with Crippen molar-refractivity contribution in [1.82, 2.24) is 10.3 Å². The van der Waals surface area contributed by atoms with Crippen LogP contribution in [0.5, 0.6) is 0 Å². The maximum Gasteiger partial charge on any atom is 0.244 e. The molecule has 0 bridgehead atoms. The Labute approximate surface area is 132 Å². The number of hydrogen-bond acceptors (Lipinski definition) is 2. The quantitative estimate of drug-likeness (QED) is 0.827. The van der Waals surface area contributed by atoms with Gasteiger partial charge < -0.3 is 5.32 Å². The molecule has 0 aliphatic rings. The average molecular weight is 294 g/mol. The van der Waals surface area contributed by atoms with Crippen LogP contribution in [0.1, 0.15) is 36.6 Å². The fourth-order valence-electron chi connectivity index (χ4n) is 2.08. The molecule has 1 N–H and O–H groups in total. The van der Waals surface area contributed by atoms with Crippen molar-refractivity contribution in [3.05, 3.63) is 71.6 Å². The third kappa shape index (κ3) is 5.17. The van der Waals surface area contributed by atoms with Gasteiger partial charge in [0.25, 0.3) is 0 Å². The molecule has 0 unspecified atom stereocenters. The van der Waals surface area contributed by atoms with Crippen LogP contribution in [-0.2, 0) is 11.2 Å². The monoisotopic (exact) mass is 294 g/mol. The Bertz CT molecular complexity index is 616. The van der Waals surface area contributed by atoms with Gasteiger partial charge in [0.05, 0.1) is 0 Å². The number of rotatable bonds is 6. The smallest absolute Gasteiger partial charge is 0.244 e. The van der Waals surface area contributed by atoms with E-state index in [1.54, 1.807) is 12.3 Å². The number of carbonyl (C=O) groups is 1. The number of pyridine rings is 1. The highest BCUT2D eigenvalue weighted by atomic mass is 16.1. The molecule has 3 heteroatoms. The minimum absolute atomic E-state index is 0.0798. The largest absolute Gasteiger partial charge is 0.352 e. The molecule has 2 aromatic rings. The van der Waals surface area contributed by atoms with Gasteiger partial charge in [0, 0.05) is 30.9 Å². The van der Waals surface area contributed by atoms with Gasteiger partial charge in [-0.3, -0.25) is 9.78 Å². The summed E-state index contributed by atoms with van der Waals surface area (Å²) in [5.41, 5.74) is 3.32. The average Bonchev–Trinajstić information content (AvgIpc) is 2.54. The van der Waals surface area contributed by atoms with Crippen molar-refractivity contribution in [2.75, 3.05) is 6.54 Å². The predicted molar refractivity (Wildman–Crippen MR) is 90.5 cm³/mol. The van der Waals surface area contributed by atoms with E-state index in [1.807, 2.05) is 36.4 Å². The van der Waals surface area contributed by atoms with E-state index in [0.717, 1.165) is 17.7 Å². The number of hydrogen-bond donors (Lipinski definition) is 1. The van der Waals surface area contributed by atoms with Crippen LogP contribution in [0.2, 0.25) is 0 Å². The van der Waals surface area contributed by atoms with E-state index in [0.29, 0.717) is 12.5 Å². The van der Waals surface area contributed by atoms with Crippen molar-refractivity contribution in [3.63, 3.8) is 0 Å². The van der Waals surface area contributed by atoms with Gasteiger partial charge in [-0.15, -0.1) is 0 Å². The van der Waals surface area contributed by atoms with Crippen LogP contribution in [0.3, 0.4) is 0 Å². The highest BCUT2D eigenvalue weighted by Crippen LogP contribution is 2.15. The Morgan fingerprint density at radius 2 is 1.95 bits per heavy atom. The summed E-state index contributed by atoms with van der Waals surface area (Å²) in [6, 6.07) is 14.1. The molecule has 0 saturated heterocycles. The zero-order valence-electron chi connectivity index (χ0n) is 13.1. The Morgan fingerprint density at radius 3 is 2.59 bits per heavy atom. The van der Waals surface area contributed by atoms with Crippen LogP contribution >= 0.6 is 0 Å². The summed E-state index contributed by atoms with van der Waals surface area (Å²) < 4.78 is 0. The second-order valence-corrected chi connectivity index (χ2v) is 5.52. The molecule has 0 atom stereocenters. The summed E-state index contributed by atoms with van der Waals surface area (Å²) in [5, 5.41) is 2.87. The van der Waals surface area contributed by atoms with Crippen LogP contribution in [0.15, 0.2) is 54.7 Å². The Hall–Kier alpha value is -2.42. The normalized spacial score (nSPS) is 11.0. The van der Waals surface area contributed by atoms with Crippen LogP contribution in [0.25, 0.3) is 6.08 Å². The van der Waals surface area contributed by atoms with Gasteiger partial charge in [-0.25, -0.2) is 0 Å². The summed E-state index contributed by atoms with van der Waals surface area (Å²) in [4.78, 5) is 16.0. The SMILES string of the molecule is CC(C)c1ccc(/C=C/C(=O)NCCc2ccccn2)cc1. The molecule has 1 heterocycles. The first-order valence-electron chi connectivity index (χ1n) is 7.61. The predicted octanol–water partition coefficient (Wildman–Crippen LogP) is 3.58. The first-order valence-corrected chi connectivity index (χ1v) is 7.61. The van der Waals surface area contributed by atoms with Gasteiger partial charge in [0.2, 0.25) is 5.91 Å². The van der Waals surface area contributed by atoms with Gasteiger partial charge >= 0.3 is 0 Å². The van der Waals surface area contributed by atoms with E-state index < -0.39 is 0 Å². The zero-order valence-corrected chi connectivity index (χ0v) is 13.1. The lowest BCUT2D eigenvalue weighted by molar-refractivity contribution is -0.116.